The lowest BCUT2D eigenvalue weighted by Gasteiger charge is -2.23. The second kappa shape index (κ2) is 8.14. The van der Waals surface area contributed by atoms with E-state index in [1.54, 1.807) is 17.8 Å². The molecule has 2 heterocycles. The first-order valence-electron chi connectivity index (χ1n) is 8.88. The first kappa shape index (κ1) is 19.3. The van der Waals surface area contributed by atoms with E-state index in [1.165, 1.54) is 11.0 Å². The molecule has 0 bridgehead atoms. The molecule has 0 spiro atoms. The number of carbonyl (C=O) groups is 1. The molecule has 0 N–H and O–H groups in total. The lowest BCUT2D eigenvalue weighted by molar-refractivity contribution is 0.0917. The topological polar surface area (TPSA) is 42.4 Å². The molecule has 28 heavy (non-hydrogen) atoms. The third-order valence-corrected chi connectivity index (χ3v) is 6.36. The molecule has 0 radical (unpaired) electrons. The van der Waals surface area contributed by atoms with E-state index in [4.69, 9.17) is 4.74 Å². The van der Waals surface area contributed by atoms with E-state index >= 15 is 0 Å². The average Bonchev–Trinajstić information content (AvgIpc) is 3.35. The maximum Gasteiger partial charge on any atom is 0.260 e. The summed E-state index contributed by atoms with van der Waals surface area (Å²) in [6, 6.07) is 9.38. The lowest BCUT2D eigenvalue weighted by Crippen LogP contribution is -2.37. The van der Waals surface area contributed by atoms with E-state index in [0.29, 0.717) is 28.5 Å². The zero-order valence-corrected chi connectivity index (χ0v) is 16.8. The van der Waals surface area contributed by atoms with E-state index in [1.807, 2.05) is 24.5 Å². The lowest BCUT2D eigenvalue weighted by atomic mass is 10.2. The largest absolute Gasteiger partial charge is 0.376 e. The molecule has 146 valence electrons. The Labute approximate surface area is 169 Å². The van der Waals surface area contributed by atoms with E-state index < -0.39 is 11.6 Å². The van der Waals surface area contributed by atoms with Gasteiger partial charge in [0.25, 0.3) is 5.91 Å². The van der Waals surface area contributed by atoms with Crippen molar-refractivity contribution in [1.82, 2.24) is 4.98 Å². The molecule has 1 atom stereocenters. The van der Waals surface area contributed by atoms with Gasteiger partial charge in [-0.2, -0.15) is 0 Å². The van der Waals surface area contributed by atoms with Crippen molar-refractivity contribution < 1.29 is 18.3 Å². The van der Waals surface area contributed by atoms with Crippen molar-refractivity contribution in [1.29, 1.82) is 0 Å². The molecule has 1 aliphatic rings. The van der Waals surface area contributed by atoms with Gasteiger partial charge in [-0.05, 0) is 43.4 Å². The van der Waals surface area contributed by atoms with E-state index in [2.05, 4.69) is 4.98 Å². The highest BCUT2D eigenvalue weighted by Crippen LogP contribution is 2.33. The molecule has 1 aromatic heterocycles. The quantitative estimate of drug-likeness (QED) is 0.537. The number of rotatable bonds is 5. The monoisotopic (exact) mass is 420 g/mol. The normalized spacial score (nSPS) is 16.6. The van der Waals surface area contributed by atoms with Gasteiger partial charge in [-0.25, -0.2) is 13.8 Å². The average molecular weight is 421 g/mol. The van der Waals surface area contributed by atoms with Crippen LogP contribution in [0.1, 0.15) is 23.2 Å². The van der Waals surface area contributed by atoms with Gasteiger partial charge in [0.2, 0.25) is 0 Å². The number of carbonyl (C=O) groups excluding carboxylic acids is 1. The smallest absolute Gasteiger partial charge is 0.260 e. The van der Waals surface area contributed by atoms with Crippen LogP contribution < -0.4 is 4.90 Å². The molecule has 3 aromatic rings. The summed E-state index contributed by atoms with van der Waals surface area (Å²) in [5.41, 5.74) is 0.597. The Morgan fingerprint density at radius 1 is 1.36 bits per heavy atom. The van der Waals surface area contributed by atoms with Crippen LogP contribution in [0.4, 0.5) is 13.9 Å². The molecule has 4 rings (SSSR count). The fourth-order valence-corrected chi connectivity index (χ4v) is 4.68. The van der Waals surface area contributed by atoms with Crippen LogP contribution in [0.25, 0.3) is 10.2 Å². The number of thioether (sulfide) groups is 1. The van der Waals surface area contributed by atoms with Crippen LogP contribution in [-0.4, -0.2) is 36.4 Å². The molecule has 1 amide bonds. The summed E-state index contributed by atoms with van der Waals surface area (Å²) < 4.78 is 33.8. The highest BCUT2D eigenvalue weighted by Gasteiger charge is 2.27. The minimum Gasteiger partial charge on any atom is -0.376 e. The van der Waals surface area contributed by atoms with Crippen molar-refractivity contribution >= 4 is 44.4 Å². The van der Waals surface area contributed by atoms with Crippen molar-refractivity contribution in [3.63, 3.8) is 0 Å². The van der Waals surface area contributed by atoms with Gasteiger partial charge in [0.15, 0.2) is 10.9 Å². The Balaban J connectivity index is 1.74. The summed E-state index contributed by atoms with van der Waals surface area (Å²) in [5, 5.41) is 0.342. The SMILES string of the molecule is CSc1cccc(C(=O)N(CC2CCCO2)c2nc3c(F)cc(F)cc3s2)c1. The number of halogens is 2. The summed E-state index contributed by atoms with van der Waals surface area (Å²) in [4.78, 5) is 20.1. The Bertz CT molecular complexity index is 1020. The molecular formula is C20H18F2N2O2S2. The molecule has 1 saturated heterocycles. The first-order chi connectivity index (χ1) is 13.5. The van der Waals surface area contributed by atoms with Crippen LogP contribution in [0.5, 0.6) is 0 Å². The molecule has 1 aliphatic heterocycles. The van der Waals surface area contributed by atoms with Crippen molar-refractivity contribution in [2.24, 2.45) is 0 Å². The Hall–Kier alpha value is -2.03. The summed E-state index contributed by atoms with van der Waals surface area (Å²) in [6.45, 7) is 0.987. The van der Waals surface area contributed by atoms with Crippen LogP contribution in [-0.2, 0) is 4.74 Å². The van der Waals surface area contributed by atoms with Crippen molar-refractivity contribution in [2.75, 3.05) is 24.3 Å². The third-order valence-electron chi connectivity index (χ3n) is 4.60. The predicted octanol–water partition coefficient (Wildman–Crippen LogP) is 5.12. The minimum atomic E-state index is -0.730. The summed E-state index contributed by atoms with van der Waals surface area (Å²) in [6.07, 6.45) is 3.64. The highest BCUT2D eigenvalue weighted by molar-refractivity contribution is 7.98. The summed E-state index contributed by atoms with van der Waals surface area (Å²) in [7, 11) is 0. The number of thiazole rings is 1. The molecule has 0 aliphatic carbocycles. The standard InChI is InChI=1S/C20H18F2N2O2S2/c1-27-15-6-2-4-12(8-15)19(25)24(11-14-5-3-7-26-14)20-23-18-16(22)9-13(21)10-17(18)28-20/h2,4,6,8-10,14H,3,5,7,11H2,1H3. The maximum absolute atomic E-state index is 14.1. The van der Waals surface area contributed by atoms with Crippen LogP contribution in [0, 0.1) is 11.6 Å². The zero-order chi connectivity index (χ0) is 19.7. The second-order valence-corrected chi connectivity index (χ2v) is 8.40. The van der Waals surface area contributed by atoms with Crippen molar-refractivity contribution in [2.45, 2.75) is 23.8 Å². The number of nitrogens with zero attached hydrogens (tertiary/aromatic N) is 2. The Morgan fingerprint density at radius 2 is 2.21 bits per heavy atom. The molecule has 2 aromatic carbocycles. The number of aromatic nitrogens is 1. The second-order valence-electron chi connectivity index (χ2n) is 6.51. The number of ether oxygens (including phenoxy) is 1. The molecule has 8 heteroatoms. The molecule has 4 nitrogen and oxygen atoms in total. The minimum absolute atomic E-state index is 0.0735. The first-order valence-corrected chi connectivity index (χ1v) is 10.9. The number of benzene rings is 2. The van der Waals surface area contributed by atoms with E-state index in [0.717, 1.165) is 35.1 Å². The highest BCUT2D eigenvalue weighted by atomic mass is 32.2. The Kier molecular flexibility index (Phi) is 5.61. The third kappa shape index (κ3) is 3.90. The van der Waals surface area contributed by atoms with Crippen LogP contribution >= 0.6 is 23.1 Å². The fraction of sp³-hybridized carbons (Fsp3) is 0.300. The van der Waals surface area contributed by atoms with Crippen LogP contribution in [0.3, 0.4) is 0 Å². The fourth-order valence-electron chi connectivity index (χ4n) is 3.21. The summed E-state index contributed by atoms with van der Waals surface area (Å²) in [5.74, 6) is -1.62. The Morgan fingerprint density at radius 3 is 2.96 bits per heavy atom. The van der Waals surface area contributed by atoms with Gasteiger partial charge in [-0.1, -0.05) is 17.4 Å². The van der Waals surface area contributed by atoms with Gasteiger partial charge in [0.05, 0.1) is 17.3 Å². The van der Waals surface area contributed by atoms with Crippen molar-refractivity contribution in [3.05, 3.63) is 53.6 Å². The molecule has 1 unspecified atom stereocenters. The molecular weight excluding hydrogens is 402 g/mol. The number of hydrogen-bond acceptors (Lipinski definition) is 5. The summed E-state index contributed by atoms with van der Waals surface area (Å²) >= 11 is 2.65. The molecule has 0 saturated carbocycles. The van der Waals surface area contributed by atoms with Crippen LogP contribution in [0.2, 0.25) is 0 Å². The number of amides is 1. The van der Waals surface area contributed by atoms with Crippen LogP contribution in [0.15, 0.2) is 41.3 Å². The van der Waals surface area contributed by atoms with Gasteiger partial charge in [-0.3, -0.25) is 9.69 Å². The van der Waals surface area contributed by atoms with Gasteiger partial charge < -0.3 is 4.74 Å². The van der Waals surface area contributed by atoms with Gasteiger partial charge in [0, 0.05) is 23.1 Å². The van der Waals surface area contributed by atoms with Gasteiger partial charge in [0.1, 0.15) is 11.3 Å². The van der Waals surface area contributed by atoms with Crippen molar-refractivity contribution in [3.8, 4) is 0 Å². The number of hydrogen-bond donors (Lipinski definition) is 0. The number of fused-ring (bicyclic) bond motifs is 1. The predicted molar refractivity (Wildman–Crippen MR) is 108 cm³/mol. The van der Waals surface area contributed by atoms with Gasteiger partial charge in [-0.15, -0.1) is 11.8 Å². The van der Waals surface area contributed by atoms with Gasteiger partial charge >= 0.3 is 0 Å². The molecule has 1 fully saturated rings. The number of anilines is 1. The van der Waals surface area contributed by atoms with E-state index in [9.17, 15) is 13.6 Å². The van der Waals surface area contributed by atoms with E-state index in [-0.39, 0.29) is 17.5 Å². The maximum atomic E-state index is 14.1. The zero-order valence-electron chi connectivity index (χ0n) is 15.2.